The Balaban J connectivity index is 2.39. The molecule has 0 aromatic carbocycles. The molecule has 0 bridgehead atoms. The highest BCUT2D eigenvalue weighted by Crippen LogP contribution is 2.49. The van der Waals surface area contributed by atoms with Crippen LogP contribution in [0.2, 0.25) is 0 Å². The van der Waals surface area contributed by atoms with Gasteiger partial charge in [0.25, 0.3) is 0 Å². The van der Waals surface area contributed by atoms with Crippen molar-refractivity contribution in [2.24, 2.45) is 11.1 Å². The quantitative estimate of drug-likeness (QED) is 0.428. The average molecular weight is 199 g/mol. The fourth-order valence-corrected chi connectivity index (χ4v) is 1.80. The molecule has 1 aliphatic carbocycles. The highest BCUT2D eigenvalue weighted by atomic mass is 16.3. The molecule has 4 heteroatoms. The third-order valence-corrected chi connectivity index (χ3v) is 3.12. The minimum Gasteiger partial charge on any atom is -0.395 e. The summed E-state index contributed by atoms with van der Waals surface area (Å²) in [5.74, 6) is 0.285. The lowest BCUT2D eigenvalue weighted by Crippen LogP contribution is -2.37. The van der Waals surface area contributed by atoms with Crippen LogP contribution in [0.5, 0.6) is 0 Å². The van der Waals surface area contributed by atoms with Gasteiger partial charge in [0.05, 0.1) is 12.4 Å². The molecule has 1 fully saturated rings. The summed E-state index contributed by atoms with van der Waals surface area (Å²) < 4.78 is 0. The molecule has 1 aliphatic rings. The topological polar surface area (TPSA) is 73.3 Å². The number of nitrogens with two attached hydrogens (primary N) is 1. The Labute approximate surface area is 85.6 Å². The summed E-state index contributed by atoms with van der Waals surface area (Å²) in [6.07, 6.45) is 3.03. The number of hydrogen-bond donors (Lipinski definition) is 3. The van der Waals surface area contributed by atoms with E-state index in [0.29, 0.717) is 6.42 Å². The number of nitrogens with one attached hydrogen (secondary N) is 1. The summed E-state index contributed by atoms with van der Waals surface area (Å²) in [5, 5.41) is 16.3. The van der Waals surface area contributed by atoms with E-state index in [1.807, 2.05) is 14.0 Å². The molecule has 0 radical (unpaired) electrons. The van der Waals surface area contributed by atoms with Crippen molar-refractivity contribution < 1.29 is 5.11 Å². The first-order chi connectivity index (χ1) is 6.49. The lowest BCUT2D eigenvalue weighted by atomic mass is 10.0. The largest absolute Gasteiger partial charge is 0.395 e. The Hall–Kier alpha value is -0.610. The lowest BCUT2D eigenvalue weighted by molar-refractivity contribution is 0.138. The second-order valence-electron chi connectivity index (χ2n) is 4.65. The van der Waals surface area contributed by atoms with Gasteiger partial charge in [0, 0.05) is 19.0 Å². The molecule has 4 N–H and O–H groups in total. The van der Waals surface area contributed by atoms with Crippen molar-refractivity contribution in [1.29, 1.82) is 5.41 Å². The summed E-state index contributed by atoms with van der Waals surface area (Å²) in [5.41, 5.74) is 5.66. The van der Waals surface area contributed by atoms with Crippen molar-refractivity contribution in [1.82, 2.24) is 4.90 Å². The molecule has 14 heavy (non-hydrogen) atoms. The molecule has 0 aliphatic heterocycles. The molecule has 0 amide bonds. The van der Waals surface area contributed by atoms with Gasteiger partial charge in [-0.1, -0.05) is 0 Å². The summed E-state index contributed by atoms with van der Waals surface area (Å²) >= 11 is 0. The van der Waals surface area contributed by atoms with Gasteiger partial charge >= 0.3 is 0 Å². The first kappa shape index (κ1) is 11.5. The van der Waals surface area contributed by atoms with Gasteiger partial charge in [0.1, 0.15) is 0 Å². The van der Waals surface area contributed by atoms with Crippen molar-refractivity contribution in [3.05, 3.63) is 0 Å². The Bertz CT molecular complexity index is 213. The molecule has 1 atom stereocenters. The molecule has 1 unspecified atom stereocenters. The SMILES string of the molecule is CC(CO)N(C)CC1(CC(=N)N)CC1. The van der Waals surface area contributed by atoms with Crippen LogP contribution in [-0.2, 0) is 0 Å². The fourth-order valence-electron chi connectivity index (χ4n) is 1.80. The molecular weight excluding hydrogens is 178 g/mol. The second-order valence-corrected chi connectivity index (χ2v) is 4.65. The zero-order chi connectivity index (χ0) is 10.8. The van der Waals surface area contributed by atoms with E-state index in [4.69, 9.17) is 16.2 Å². The van der Waals surface area contributed by atoms with Crippen LogP contribution >= 0.6 is 0 Å². The van der Waals surface area contributed by atoms with Crippen molar-refractivity contribution >= 4 is 5.84 Å². The average Bonchev–Trinajstić information content (AvgIpc) is 2.82. The Morgan fingerprint density at radius 2 is 2.21 bits per heavy atom. The molecule has 0 saturated heterocycles. The first-order valence-electron chi connectivity index (χ1n) is 5.13. The van der Waals surface area contributed by atoms with Crippen LogP contribution < -0.4 is 5.73 Å². The predicted octanol–water partition coefficient (Wildman–Crippen LogP) is 0.405. The second kappa shape index (κ2) is 4.28. The van der Waals surface area contributed by atoms with Crippen LogP contribution in [0.25, 0.3) is 0 Å². The van der Waals surface area contributed by atoms with Crippen LogP contribution in [0, 0.1) is 10.8 Å². The van der Waals surface area contributed by atoms with Gasteiger partial charge in [-0.25, -0.2) is 0 Å². The zero-order valence-electron chi connectivity index (χ0n) is 9.08. The number of aliphatic hydroxyl groups is 1. The number of amidine groups is 1. The van der Waals surface area contributed by atoms with E-state index in [-0.39, 0.29) is 23.9 Å². The Morgan fingerprint density at radius 1 is 1.64 bits per heavy atom. The minimum absolute atomic E-state index is 0.187. The maximum absolute atomic E-state index is 9.00. The molecule has 1 saturated carbocycles. The van der Waals surface area contributed by atoms with Crippen LogP contribution in [0.1, 0.15) is 26.2 Å². The third kappa shape index (κ3) is 2.96. The number of hydrogen-bond acceptors (Lipinski definition) is 3. The summed E-state index contributed by atoms with van der Waals surface area (Å²) in [6, 6.07) is 0.194. The Kier molecular flexibility index (Phi) is 3.50. The molecule has 82 valence electrons. The number of aliphatic hydroxyl groups excluding tert-OH is 1. The van der Waals surface area contributed by atoms with Crippen LogP contribution in [0.4, 0.5) is 0 Å². The number of nitrogens with zero attached hydrogens (tertiary/aromatic N) is 1. The van der Waals surface area contributed by atoms with E-state index >= 15 is 0 Å². The molecule has 0 aromatic rings. The van der Waals surface area contributed by atoms with Crippen molar-refractivity contribution in [3.63, 3.8) is 0 Å². The van der Waals surface area contributed by atoms with Crippen molar-refractivity contribution in [2.45, 2.75) is 32.2 Å². The molecule has 0 aromatic heterocycles. The van der Waals surface area contributed by atoms with E-state index in [1.54, 1.807) is 0 Å². The van der Waals surface area contributed by atoms with Crippen LogP contribution in [0.3, 0.4) is 0 Å². The third-order valence-electron chi connectivity index (χ3n) is 3.12. The molecule has 0 heterocycles. The highest BCUT2D eigenvalue weighted by molar-refractivity contribution is 5.78. The van der Waals surface area contributed by atoms with Gasteiger partial charge in [0.2, 0.25) is 0 Å². The fraction of sp³-hybridized carbons (Fsp3) is 0.900. The lowest BCUT2D eigenvalue weighted by Gasteiger charge is -2.27. The van der Waals surface area contributed by atoms with E-state index in [9.17, 15) is 0 Å². The maximum atomic E-state index is 9.00. The van der Waals surface area contributed by atoms with E-state index in [1.165, 1.54) is 0 Å². The van der Waals surface area contributed by atoms with Crippen molar-refractivity contribution in [3.8, 4) is 0 Å². The minimum atomic E-state index is 0.187. The van der Waals surface area contributed by atoms with Crippen molar-refractivity contribution in [2.75, 3.05) is 20.2 Å². The first-order valence-corrected chi connectivity index (χ1v) is 5.13. The van der Waals surface area contributed by atoms with Gasteiger partial charge in [-0.3, -0.25) is 5.41 Å². The summed E-state index contributed by atoms with van der Waals surface area (Å²) in [4.78, 5) is 2.15. The number of likely N-dealkylation sites (N-methyl/N-ethyl adjacent to an activating group) is 1. The predicted molar refractivity (Wildman–Crippen MR) is 57.4 cm³/mol. The zero-order valence-corrected chi connectivity index (χ0v) is 9.08. The molecular formula is C10H21N3O. The normalized spacial score (nSPS) is 20.9. The van der Waals surface area contributed by atoms with Gasteiger partial charge in [-0.15, -0.1) is 0 Å². The monoisotopic (exact) mass is 199 g/mol. The molecule has 1 rings (SSSR count). The molecule has 4 nitrogen and oxygen atoms in total. The number of rotatable bonds is 6. The highest BCUT2D eigenvalue weighted by Gasteiger charge is 2.44. The van der Waals surface area contributed by atoms with E-state index in [2.05, 4.69) is 4.90 Å². The van der Waals surface area contributed by atoms with Crippen LogP contribution in [-0.4, -0.2) is 42.1 Å². The van der Waals surface area contributed by atoms with Crippen LogP contribution in [0.15, 0.2) is 0 Å². The van der Waals surface area contributed by atoms with E-state index in [0.717, 1.165) is 19.4 Å². The Morgan fingerprint density at radius 3 is 2.57 bits per heavy atom. The molecule has 0 spiro atoms. The maximum Gasteiger partial charge on any atom is 0.0911 e. The smallest absolute Gasteiger partial charge is 0.0911 e. The van der Waals surface area contributed by atoms with Gasteiger partial charge < -0.3 is 15.7 Å². The summed E-state index contributed by atoms with van der Waals surface area (Å²) in [7, 11) is 2.01. The van der Waals surface area contributed by atoms with Gasteiger partial charge in [-0.2, -0.15) is 0 Å². The standard InChI is InChI=1S/C10H21N3O/c1-8(6-14)13(2)7-10(3-4-10)5-9(11)12/h8,14H,3-7H2,1-2H3,(H3,11,12). The summed E-state index contributed by atoms with van der Waals surface area (Å²) in [6.45, 7) is 3.13. The van der Waals surface area contributed by atoms with Gasteiger partial charge in [-0.05, 0) is 32.2 Å². The van der Waals surface area contributed by atoms with Gasteiger partial charge in [0.15, 0.2) is 0 Å². The van der Waals surface area contributed by atoms with E-state index < -0.39 is 0 Å².